The van der Waals surface area contributed by atoms with Gasteiger partial charge < -0.3 is 15.0 Å². The summed E-state index contributed by atoms with van der Waals surface area (Å²) in [5, 5.41) is 2.65. The van der Waals surface area contributed by atoms with Crippen LogP contribution in [0.1, 0.15) is 19.8 Å². The van der Waals surface area contributed by atoms with Crippen molar-refractivity contribution in [2.75, 3.05) is 24.6 Å². The minimum Gasteiger partial charge on any atom is -0.490 e. The molecule has 5 nitrogen and oxygen atoms in total. The number of hydrogen-bond donors (Lipinski definition) is 1. The Hall–Kier alpha value is -2.48. The van der Waals surface area contributed by atoms with Crippen molar-refractivity contribution in [1.82, 2.24) is 5.32 Å². The lowest BCUT2D eigenvalue weighted by molar-refractivity contribution is -0.119. The summed E-state index contributed by atoms with van der Waals surface area (Å²) in [6.07, 6.45) is 0.976. The van der Waals surface area contributed by atoms with E-state index in [0.717, 1.165) is 11.4 Å². The van der Waals surface area contributed by atoms with Gasteiger partial charge in [-0.3, -0.25) is 9.59 Å². The molecule has 1 aliphatic heterocycles. The van der Waals surface area contributed by atoms with E-state index in [2.05, 4.69) is 17.2 Å². The second-order valence-corrected chi connectivity index (χ2v) is 4.60. The number of carbonyl (C=O) groups is 2. The molecule has 0 atom stereocenters. The normalized spacial score (nSPS) is 12.5. The Balaban J connectivity index is 1.84. The van der Waals surface area contributed by atoms with Crippen LogP contribution in [0, 0.1) is 11.8 Å². The first-order valence-electron chi connectivity index (χ1n) is 6.95. The number of nitrogens with zero attached hydrogens (tertiary/aromatic N) is 1. The summed E-state index contributed by atoms with van der Waals surface area (Å²) in [5.74, 6) is 5.41. The third-order valence-electron chi connectivity index (χ3n) is 3.12. The summed E-state index contributed by atoms with van der Waals surface area (Å²) in [4.78, 5) is 25.2. The second kappa shape index (κ2) is 7.34. The van der Waals surface area contributed by atoms with Crippen molar-refractivity contribution in [3.8, 4) is 17.6 Å². The van der Waals surface area contributed by atoms with Crippen LogP contribution in [0.5, 0.6) is 5.75 Å². The molecule has 0 radical (unpaired) electrons. The van der Waals surface area contributed by atoms with Gasteiger partial charge in [0.25, 0.3) is 5.91 Å². The Morgan fingerprint density at radius 3 is 3.00 bits per heavy atom. The number of ether oxygens (including phenoxy) is 1. The molecule has 0 spiro atoms. The molecule has 1 aliphatic rings. The van der Waals surface area contributed by atoms with Gasteiger partial charge in [0.15, 0.2) is 0 Å². The molecule has 1 heterocycles. The Bertz CT molecular complexity index is 587. The van der Waals surface area contributed by atoms with E-state index < -0.39 is 0 Å². The number of amides is 2. The van der Waals surface area contributed by atoms with Crippen LogP contribution in [0.2, 0.25) is 0 Å². The topological polar surface area (TPSA) is 58.6 Å². The van der Waals surface area contributed by atoms with Crippen molar-refractivity contribution in [1.29, 1.82) is 0 Å². The predicted octanol–water partition coefficient (Wildman–Crippen LogP) is 1.33. The maximum absolute atomic E-state index is 12.3. The van der Waals surface area contributed by atoms with Gasteiger partial charge in [0.05, 0.1) is 12.2 Å². The Morgan fingerprint density at radius 2 is 2.19 bits per heavy atom. The molecule has 0 aliphatic carbocycles. The lowest BCUT2D eigenvalue weighted by Gasteiger charge is -2.29. The maximum Gasteiger partial charge on any atom is 0.295 e. The highest BCUT2D eigenvalue weighted by atomic mass is 16.5. The van der Waals surface area contributed by atoms with E-state index in [0.29, 0.717) is 32.5 Å². The summed E-state index contributed by atoms with van der Waals surface area (Å²) >= 11 is 0. The SMILES string of the molecule is CC#CC(=O)NCCCC(=O)N1CCOc2ccccc21. The molecule has 1 aromatic carbocycles. The molecule has 1 aromatic rings. The van der Waals surface area contributed by atoms with Gasteiger partial charge in [0, 0.05) is 13.0 Å². The summed E-state index contributed by atoms with van der Waals surface area (Å²) in [7, 11) is 0. The van der Waals surface area contributed by atoms with Crippen molar-refractivity contribution >= 4 is 17.5 Å². The standard InChI is InChI=1S/C16H18N2O3/c1-2-6-15(19)17-10-5-9-16(20)18-11-12-21-14-8-4-3-7-13(14)18/h3-4,7-8H,5,9-12H2,1H3,(H,17,19). The molecule has 0 saturated carbocycles. The highest BCUT2D eigenvalue weighted by Crippen LogP contribution is 2.31. The van der Waals surface area contributed by atoms with E-state index in [1.54, 1.807) is 11.8 Å². The number of hydrogen-bond acceptors (Lipinski definition) is 3. The molecule has 0 bridgehead atoms. The Morgan fingerprint density at radius 1 is 1.38 bits per heavy atom. The van der Waals surface area contributed by atoms with Crippen LogP contribution in [0.25, 0.3) is 0 Å². The van der Waals surface area contributed by atoms with E-state index in [9.17, 15) is 9.59 Å². The fourth-order valence-corrected chi connectivity index (χ4v) is 2.16. The van der Waals surface area contributed by atoms with Crippen LogP contribution in [0.15, 0.2) is 24.3 Å². The molecule has 0 unspecified atom stereocenters. The minimum absolute atomic E-state index is 0.0431. The number of anilines is 1. The van der Waals surface area contributed by atoms with Crippen molar-refractivity contribution in [2.24, 2.45) is 0 Å². The first-order chi connectivity index (χ1) is 10.2. The largest absolute Gasteiger partial charge is 0.490 e. The van der Waals surface area contributed by atoms with E-state index in [4.69, 9.17) is 4.74 Å². The number of carbonyl (C=O) groups excluding carboxylic acids is 2. The molecule has 110 valence electrons. The predicted molar refractivity (Wildman–Crippen MR) is 80.0 cm³/mol. The van der Waals surface area contributed by atoms with Gasteiger partial charge in [-0.1, -0.05) is 18.1 Å². The van der Waals surface area contributed by atoms with Gasteiger partial charge in [-0.15, -0.1) is 0 Å². The molecule has 0 aromatic heterocycles. The molecular weight excluding hydrogens is 268 g/mol. The van der Waals surface area contributed by atoms with Gasteiger partial charge in [-0.2, -0.15) is 0 Å². The fraction of sp³-hybridized carbons (Fsp3) is 0.375. The van der Waals surface area contributed by atoms with E-state index in [1.165, 1.54) is 0 Å². The van der Waals surface area contributed by atoms with E-state index >= 15 is 0 Å². The van der Waals surface area contributed by atoms with Gasteiger partial charge in [-0.25, -0.2) is 0 Å². The van der Waals surface area contributed by atoms with Crippen LogP contribution in [0.3, 0.4) is 0 Å². The van der Waals surface area contributed by atoms with Gasteiger partial charge in [-0.05, 0) is 31.4 Å². The van der Waals surface area contributed by atoms with Gasteiger partial charge in [0.2, 0.25) is 5.91 Å². The first-order valence-corrected chi connectivity index (χ1v) is 6.95. The lowest BCUT2D eigenvalue weighted by atomic mass is 10.2. The second-order valence-electron chi connectivity index (χ2n) is 4.60. The van der Waals surface area contributed by atoms with E-state index in [1.807, 2.05) is 24.3 Å². The Labute approximate surface area is 124 Å². The molecule has 2 rings (SSSR count). The van der Waals surface area contributed by atoms with Crippen LogP contribution in [-0.4, -0.2) is 31.5 Å². The quantitative estimate of drug-likeness (QED) is 0.671. The monoisotopic (exact) mass is 286 g/mol. The Kier molecular flexibility index (Phi) is 5.22. The average Bonchev–Trinajstić information content (AvgIpc) is 2.51. The number of rotatable bonds is 4. The van der Waals surface area contributed by atoms with Gasteiger partial charge >= 0.3 is 0 Å². The molecule has 2 amide bonds. The summed E-state index contributed by atoms with van der Waals surface area (Å²) in [5.41, 5.74) is 0.814. The molecule has 0 saturated heterocycles. The van der Waals surface area contributed by atoms with Crippen molar-refractivity contribution < 1.29 is 14.3 Å². The molecule has 1 N–H and O–H groups in total. The van der Waals surface area contributed by atoms with Crippen LogP contribution in [0.4, 0.5) is 5.69 Å². The number of nitrogens with one attached hydrogen (secondary N) is 1. The lowest BCUT2D eigenvalue weighted by Crippen LogP contribution is -2.38. The third kappa shape index (κ3) is 3.99. The van der Waals surface area contributed by atoms with E-state index in [-0.39, 0.29) is 11.8 Å². The van der Waals surface area contributed by atoms with Crippen molar-refractivity contribution in [2.45, 2.75) is 19.8 Å². The highest BCUT2D eigenvalue weighted by Gasteiger charge is 2.22. The first kappa shape index (κ1) is 14.9. The van der Waals surface area contributed by atoms with Gasteiger partial charge in [0.1, 0.15) is 12.4 Å². The highest BCUT2D eigenvalue weighted by molar-refractivity contribution is 5.95. The van der Waals surface area contributed by atoms with Crippen molar-refractivity contribution in [3.05, 3.63) is 24.3 Å². The average molecular weight is 286 g/mol. The molecular formula is C16H18N2O3. The fourth-order valence-electron chi connectivity index (χ4n) is 2.16. The summed E-state index contributed by atoms with van der Waals surface area (Å²) in [6, 6.07) is 7.51. The zero-order valence-corrected chi connectivity index (χ0v) is 12.0. The van der Waals surface area contributed by atoms with Crippen LogP contribution >= 0.6 is 0 Å². The number of para-hydroxylation sites is 2. The van der Waals surface area contributed by atoms with Crippen LogP contribution in [-0.2, 0) is 9.59 Å². The minimum atomic E-state index is -0.304. The molecule has 21 heavy (non-hydrogen) atoms. The summed E-state index contributed by atoms with van der Waals surface area (Å²) < 4.78 is 5.52. The number of fused-ring (bicyclic) bond motifs is 1. The molecule has 0 fully saturated rings. The number of benzene rings is 1. The third-order valence-corrected chi connectivity index (χ3v) is 3.12. The summed E-state index contributed by atoms with van der Waals surface area (Å²) in [6.45, 7) is 3.12. The smallest absolute Gasteiger partial charge is 0.295 e. The van der Waals surface area contributed by atoms with Crippen molar-refractivity contribution in [3.63, 3.8) is 0 Å². The van der Waals surface area contributed by atoms with Crippen LogP contribution < -0.4 is 15.0 Å². The zero-order chi connectivity index (χ0) is 15.1. The zero-order valence-electron chi connectivity index (χ0n) is 12.0. The molecule has 5 heteroatoms. The maximum atomic E-state index is 12.3.